The molecule has 17 heavy (non-hydrogen) atoms. The van der Waals surface area contributed by atoms with Gasteiger partial charge in [0.1, 0.15) is 5.75 Å². The molecule has 1 aliphatic rings. The summed E-state index contributed by atoms with van der Waals surface area (Å²) in [5.74, 6) is 0.966. The molecule has 0 unspecified atom stereocenters. The van der Waals surface area contributed by atoms with Crippen LogP contribution >= 0.6 is 0 Å². The standard InChI is InChI=1S/C14H22N2O/c1-3-17-14-8-7-12(15)9-11(14)10-16(2)13-5-4-6-13/h7-9,13H,3-6,10,15H2,1-2H3. The molecule has 0 saturated heterocycles. The van der Waals surface area contributed by atoms with Gasteiger partial charge in [0.05, 0.1) is 6.61 Å². The molecule has 2 rings (SSSR count). The third-order valence-electron chi connectivity index (χ3n) is 3.50. The van der Waals surface area contributed by atoms with Crippen LogP contribution in [0.3, 0.4) is 0 Å². The van der Waals surface area contributed by atoms with Crippen LogP contribution < -0.4 is 10.5 Å². The Morgan fingerprint density at radius 2 is 2.18 bits per heavy atom. The second kappa shape index (κ2) is 5.41. The van der Waals surface area contributed by atoms with Crippen molar-refractivity contribution in [1.82, 2.24) is 4.90 Å². The van der Waals surface area contributed by atoms with Gasteiger partial charge in [-0.1, -0.05) is 6.42 Å². The average Bonchev–Trinajstić information content (AvgIpc) is 2.19. The number of hydrogen-bond acceptors (Lipinski definition) is 3. The zero-order valence-electron chi connectivity index (χ0n) is 10.8. The minimum atomic E-state index is 0.698. The van der Waals surface area contributed by atoms with Gasteiger partial charge in [0.25, 0.3) is 0 Å². The van der Waals surface area contributed by atoms with Gasteiger partial charge >= 0.3 is 0 Å². The Bertz CT molecular complexity index is 374. The Labute approximate surface area is 104 Å². The summed E-state index contributed by atoms with van der Waals surface area (Å²) in [5, 5.41) is 0. The molecule has 1 aromatic rings. The van der Waals surface area contributed by atoms with Crippen LogP contribution in [0.4, 0.5) is 5.69 Å². The summed E-state index contributed by atoms with van der Waals surface area (Å²) in [6, 6.07) is 6.65. The normalized spacial score (nSPS) is 15.9. The topological polar surface area (TPSA) is 38.5 Å². The molecule has 0 aliphatic heterocycles. The zero-order valence-corrected chi connectivity index (χ0v) is 10.8. The highest BCUT2D eigenvalue weighted by atomic mass is 16.5. The molecule has 3 nitrogen and oxygen atoms in total. The van der Waals surface area contributed by atoms with Crippen LogP contribution in [0.25, 0.3) is 0 Å². The molecular formula is C14H22N2O. The lowest BCUT2D eigenvalue weighted by molar-refractivity contribution is 0.151. The van der Waals surface area contributed by atoms with Crippen molar-refractivity contribution >= 4 is 5.69 Å². The fraction of sp³-hybridized carbons (Fsp3) is 0.571. The van der Waals surface area contributed by atoms with Gasteiger partial charge in [-0.15, -0.1) is 0 Å². The molecule has 0 atom stereocenters. The smallest absolute Gasteiger partial charge is 0.123 e. The van der Waals surface area contributed by atoms with Crippen LogP contribution in [0.1, 0.15) is 31.7 Å². The predicted molar refractivity (Wildman–Crippen MR) is 71.1 cm³/mol. The lowest BCUT2D eigenvalue weighted by Gasteiger charge is -2.35. The molecule has 0 amide bonds. The van der Waals surface area contributed by atoms with E-state index in [1.807, 2.05) is 25.1 Å². The van der Waals surface area contributed by atoms with Crippen LogP contribution in [0, 0.1) is 0 Å². The van der Waals surface area contributed by atoms with Gasteiger partial charge in [0.15, 0.2) is 0 Å². The molecule has 0 heterocycles. The first-order valence-corrected chi connectivity index (χ1v) is 6.42. The van der Waals surface area contributed by atoms with Gasteiger partial charge in [0.2, 0.25) is 0 Å². The van der Waals surface area contributed by atoms with Gasteiger partial charge in [-0.25, -0.2) is 0 Å². The van der Waals surface area contributed by atoms with Crippen LogP contribution in [-0.4, -0.2) is 24.6 Å². The summed E-state index contributed by atoms with van der Waals surface area (Å²) in [5.41, 5.74) is 7.85. The van der Waals surface area contributed by atoms with Gasteiger partial charge in [0, 0.05) is 23.8 Å². The molecule has 0 bridgehead atoms. The minimum Gasteiger partial charge on any atom is -0.494 e. The van der Waals surface area contributed by atoms with Crippen molar-refractivity contribution in [2.24, 2.45) is 0 Å². The van der Waals surface area contributed by atoms with E-state index in [-0.39, 0.29) is 0 Å². The molecule has 1 fully saturated rings. The Balaban J connectivity index is 2.08. The number of rotatable bonds is 5. The van der Waals surface area contributed by atoms with Crippen molar-refractivity contribution in [1.29, 1.82) is 0 Å². The number of hydrogen-bond donors (Lipinski definition) is 1. The second-order valence-electron chi connectivity index (χ2n) is 4.80. The second-order valence-corrected chi connectivity index (χ2v) is 4.80. The first-order chi connectivity index (χ1) is 8.20. The average molecular weight is 234 g/mol. The molecule has 1 aromatic carbocycles. The van der Waals surface area contributed by atoms with E-state index in [9.17, 15) is 0 Å². The van der Waals surface area contributed by atoms with Crippen molar-refractivity contribution in [2.45, 2.75) is 38.8 Å². The Morgan fingerprint density at radius 3 is 2.76 bits per heavy atom. The largest absolute Gasteiger partial charge is 0.494 e. The van der Waals surface area contributed by atoms with E-state index < -0.39 is 0 Å². The van der Waals surface area contributed by atoms with Gasteiger partial charge in [-0.05, 0) is 45.0 Å². The molecule has 0 spiro atoms. The molecule has 2 N–H and O–H groups in total. The quantitative estimate of drug-likeness (QED) is 0.796. The van der Waals surface area contributed by atoms with E-state index >= 15 is 0 Å². The summed E-state index contributed by atoms with van der Waals surface area (Å²) < 4.78 is 5.64. The monoisotopic (exact) mass is 234 g/mol. The van der Waals surface area contributed by atoms with Crippen molar-refractivity contribution in [2.75, 3.05) is 19.4 Å². The maximum Gasteiger partial charge on any atom is 0.123 e. The minimum absolute atomic E-state index is 0.698. The molecule has 1 saturated carbocycles. The fourth-order valence-electron chi connectivity index (χ4n) is 2.24. The third kappa shape index (κ3) is 2.91. The Morgan fingerprint density at radius 1 is 1.41 bits per heavy atom. The summed E-state index contributed by atoms with van der Waals surface area (Å²) in [6.07, 6.45) is 4.01. The molecule has 3 heteroatoms. The Hall–Kier alpha value is -1.22. The number of ether oxygens (including phenoxy) is 1. The van der Waals surface area contributed by atoms with E-state index in [0.717, 1.165) is 24.0 Å². The van der Waals surface area contributed by atoms with Crippen LogP contribution in [-0.2, 0) is 6.54 Å². The van der Waals surface area contributed by atoms with Crippen LogP contribution in [0.2, 0.25) is 0 Å². The van der Waals surface area contributed by atoms with Gasteiger partial charge in [-0.2, -0.15) is 0 Å². The summed E-state index contributed by atoms with van der Waals surface area (Å²) >= 11 is 0. The maximum atomic E-state index is 5.85. The number of nitrogen functional groups attached to an aromatic ring is 1. The first kappa shape index (κ1) is 12.2. The Kier molecular flexibility index (Phi) is 3.89. The first-order valence-electron chi connectivity index (χ1n) is 6.42. The van der Waals surface area contributed by atoms with E-state index in [2.05, 4.69) is 11.9 Å². The van der Waals surface area contributed by atoms with E-state index in [1.54, 1.807) is 0 Å². The summed E-state index contributed by atoms with van der Waals surface area (Å²) in [6.45, 7) is 3.63. The van der Waals surface area contributed by atoms with Crippen molar-refractivity contribution < 1.29 is 4.74 Å². The molecule has 1 aliphatic carbocycles. The lowest BCUT2D eigenvalue weighted by Crippen LogP contribution is -2.36. The van der Waals surface area contributed by atoms with Crippen LogP contribution in [0.5, 0.6) is 5.75 Å². The predicted octanol–water partition coefficient (Wildman–Crippen LogP) is 2.65. The molecular weight excluding hydrogens is 212 g/mol. The number of benzene rings is 1. The molecule has 94 valence electrons. The molecule has 0 aromatic heterocycles. The van der Waals surface area contributed by atoms with Gasteiger partial charge < -0.3 is 10.5 Å². The highest BCUT2D eigenvalue weighted by Gasteiger charge is 2.22. The summed E-state index contributed by atoms with van der Waals surface area (Å²) in [4.78, 5) is 2.40. The van der Waals surface area contributed by atoms with E-state index in [0.29, 0.717) is 6.61 Å². The lowest BCUT2D eigenvalue weighted by atomic mass is 9.91. The van der Waals surface area contributed by atoms with Crippen molar-refractivity contribution in [3.63, 3.8) is 0 Å². The van der Waals surface area contributed by atoms with E-state index in [4.69, 9.17) is 10.5 Å². The number of anilines is 1. The maximum absolute atomic E-state index is 5.85. The SMILES string of the molecule is CCOc1ccc(N)cc1CN(C)C1CCC1. The molecule has 0 radical (unpaired) electrons. The highest BCUT2D eigenvalue weighted by Crippen LogP contribution is 2.28. The zero-order chi connectivity index (χ0) is 12.3. The van der Waals surface area contributed by atoms with Crippen LogP contribution in [0.15, 0.2) is 18.2 Å². The van der Waals surface area contributed by atoms with Crippen molar-refractivity contribution in [3.8, 4) is 5.75 Å². The van der Waals surface area contributed by atoms with Gasteiger partial charge in [-0.3, -0.25) is 4.90 Å². The summed E-state index contributed by atoms with van der Waals surface area (Å²) in [7, 11) is 2.18. The highest BCUT2D eigenvalue weighted by molar-refractivity contribution is 5.47. The fourth-order valence-corrected chi connectivity index (χ4v) is 2.24. The van der Waals surface area contributed by atoms with Crippen molar-refractivity contribution in [3.05, 3.63) is 23.8 Å². The van der Waals surface area contributed by atoms with E-state index in [1.165, 1.54) is 24.8 Å². The third-order valence-corrected chi connectivity index (χ3v) is 3.50. The number of nitrogens with two attached hydrogens (primary N) is 1. The number of nitrogens with zero attached hydrogens (tertiary/aromatic N) is 1.